The van der Waals surface area contributed by atoms with Crippen molar-refractivity contribution in [2.45, 2.75) is 19.8 Å². The van der Waals surface area contributed by atoms with Gasteiger partial charge in [-0.3, -0.25) is 19.7 Å². The van der Waals surface area contributed by atoms with E-state index < -0.39 is 16.7 Å². The Morgan fingerprint density at radius 2 is 2.20 bits per heavy atom. The van der Waals surface area contributed by atoms with Crippen LogP contribution in [0.3, 0.4) is 0 Å². The number of furan rings is 1. The predicted octanol–water partition coefficient (Wildman–Crippen LogP) is 2.70. The lowest BCUT2D eigenvalue weighted by atomic mass is 9.85. The summed E-state index contributed by atoms with van der Waals surface area (Å²) >= 11 is 0. The predicted molar refractivity (Wildman–Crippen MR) is 89.0 cm³/mol. The minimum absolute atomic E-state index is 0.0311. The largest absolute Gasteiger partial charge is 0.433 e. The number of amides is 2. The van der Waals surface area contributed by atoms with E-state index in [0.29, 0.717) is 11.4 Å². The van der Waals surface area contributed by atoms with Crippen LogP contribution in [-0.4, -0.2) is 22.4 Å². The van der Waals surface area contributed by atoms with Gasteiger partial charge in [0.1, 0.15) is 4.92 Å². The van der Waals surface area contributed by atoms with Gasteiger partial charge in [0.15, 0.2) is 0 Å². The number of carbonyl (C=O) groups excluding carboxylic acids is 2. The van der Waals surface area contributed by atoms with Gasteiger partial charge in [-0.1, -0.05) is 25.0 Å². The summed E-state index contributed by atoms with van der Waals surface area (Å²) < 4.78 is 4.84. The van der Waals surface area contributed by atoms with Gasteiger partial charge in [-0.25, -0.2) is 4.99 Å². The molecule has 1 unspecified atom stereocenters. The van der Waals surface area contributed by atoms with Gasteiger partial charge in [0.25, 0.3) is 0 Å². The Labute approximate surface area is 142 Å². The lowest BCUT2D eigenvalue weighted by molar-refractivity contribution is -0.402. The summed E-state index contributed by atoms with van der Waals surface area (Å²) in [5.74, 6) is -1.69. The molecule has 3 rings (SSSR count). The Kier molecular flexibility index (Phi) is 4.42. The van der Waals surface area contributed by atoms with Crippen LogP contribution >= 0.6 is 0 Å². The molecule has 0 saturated heterocycles. The molecule has 0 fully saturated rings. The summed E-state index contributed by atoms with van der Waals surface area (Å²) in [6, 6.07) is 2.30. The second-order valence-electron chi connectivity index (χ2n) is 5.63. The summed E-state index contributed by atoms with van der Waals surface area (Å²) in [6.07, 6.45) is 8.51. The fourth-order valence-corrected chi connectivity index (χ4v) is 2.77. The van der Waals surface area contributed by atoms with Gasteiger partial charge in [0.05, 0.1) is 11.8 Å². The second-order valence-corrected chi connectivity index (χ2v) is 5.63. The molecule has 128 valence electrons. The number of nitrogens with zero attached hydrogens (tertiary/aromatic N) is 2. The number of allylic oxidation sites excluding steroid dienone is 3. The molecule has 0 radical (unpaired) electrons. The van der Waals surface area contributed by atoms with Gasteiger partial charge in [-0.15, -0.1) is 0 Å². The number of hydrogen-bond donors (Lipinski definition) is 1. The van der Waals surface area contributed by atoms with Crippen molar-refractivity contribution < 1.29 is 18.9 Å². The third-order valence-electron chi connectivity index (χ3n) is 3.83. The van der Waals surface area contributed by atoms with Crippen molar-refractivity contribution in [3.63, 3.8) is 0 Å². The summed E-state index contributed by atoms with van der Waals surface area (Å²) in [4.78, 5) is 37.6. The van der Waals surface area contributed by atoms with Crippen LogP contribution in [-0.2, 0) is 4.79 Å². The zero-order valence-corrected chi connectivity index (χ0v) is 13.4. The van der Waals surface area contributed by atoms with E-state index in [0.717, 1.165) is 24.5 Å². The van der Waals surface area contributed by atoms with E-state index in [2.05, 4.69) is 10.3 Å². The standard InChI is InChI=1S/C17H15N3O5/c1-2-3-10-8-15(21)19-13-9-11(4-5-12(10)13)18-17(22)14-6-7-16(25-14)20(23)24/h4-9,12H,2-3H2,1H3,(H,19,21). The Balaban J connectivity index is 1.83. The molecule has 2 heterocycles. The molecule has 2 aliphatic rings. The summed E-state index contributed by atoms with van der Waals surface area (Å²) in [5, 5.41) is 13.4. The summed E-state index contributed by atoms with van der Waals surface area (Å²) in [5.41, 5.74) is 2.02. The molecule has 2 amide bonds. The molecule has 1 atom stereocenters. The Hall–Kier alpha value is -3.29. The van der Waals surface area contributed by atoms with Crippen LogP contribution in [0.25, 0.3) is 0 Å². The van der Waals surface area contributed by atoms with E-state index in [4.69, 9.17) is 4.42 Å². The fraction of sp³-hybridized carbons (Fsp3) is 0.235. The van der Waals surface area contributed by atoms with Crippen molar-refractivity contribution in [2.24, 2.45) is 10.9 Å². The molecule has 1 N–H and O–H groups in total. The molecule has 0 bridgehead atoms. The van der Waals surface area contributed by atoms with E-state index in [1.54, 1.807) is 18.2 Å². The van der Waals surface area contributed by atoms with Crippen molar-refractivity contribution in [1.82, 2.24) is 5.32 Å². The van der Waals surface area contributed by atoms with Gasteiger partial charge in [-0.05, 0) is 24.6 Å². The topological polar surface area (TPSA) is 115 Å². The zero-order valence-electron chi connectivity index (χ0n) is 13.4. The van der Waals surface area contributed by atoms with Crippen LogP contribution in [0.4, 0.5) is 5.88 Å². The molecule has 0 saturated carbocycles. The highest BCUT2D eigenvalue weighted by Gasteiger charge is 2.26. The van der Waals surface area contributed by atoms with Crippen molar-refractivity contribution >= 4 is 23.4 Å². The Bertz CT molecular complexity index is 873. The van der Waals surface area contributed by atoms with Crippen molar-refractivity contribution in [3.05, 3.63) is 63.6 Å². The molecule has 0 spiro atoms. The average molecular weight is 341 g/mol. The molecule has 25 heavy (non-hydrogen) atoms. The smallest absolute Gasteiger partial charge is 0.395 e. The van der Waals surface area contributed by atoms with Gasteiger partial charge in [0, 0.05) is 17.7 Å². The van der Waals surface area contributed by atoms with E-state index in [9.17, 15) is 19.7 Å². The lowest BCUT2D eigenvalue weighted by Crippen LogP contribution is -2.33. The molecule has 8 heteroatoms. The number of hydrogen-bond acceptors (Lipinski definition) is 5. The van der Waals surface area contributed by atoms with Gasteiger partial charge >= 0.3 is 11.8 Å². The minimum atomic E-state index is -0.727. The normalized spacial score (nSPS) is 20.6. The maximum Gasteiger partial charge on any atom is 0.433 e. The van der Waals surface area contributed by atoms with Crippen LogP contribution in [0, 0.1) is 16.0 Å². The van der Waals surface area contributed by atoms with Crippen LogP contribution in [0.1, 0.15) is 30.3 Å². The average Bonchev–Trinajstić information content (AvgIpc) is 3.05. The third-order valence-corrected chi connectivity index (χ3v) is 3.83. The number of carbonyl (C=O) groups is 2. The molecular formula is C17H15N3O5. The van der Waals surface area contributed by atoms with Crippen LogP contribution in [0.2, 0.25) is 0 Å². The molecule has 1 aromatic rings. The first-order valence-corrected chi connectivity index (χ1v) is 7.76. The number of aliphatic imine (C=N–C) groups is 1. The van der Waals surface area contributed by atoms with Crippen LogP contribution in [0.5, 0.6) is 0 Å². The zero-order chi connectivity index (χ0) is 18.0. The fourth-order valence-electron chi connectivity index (χ4n) is 2.77. The van der Waals surface area contributed by atoms with Gasteiger partial charge < -0.3 is 9.73 Å². The molecule has 1 aliphatic heterocycles. The number of nitro groups is 1. The Morgan fingerprint density at radius 3 is 2.88 bits per heavy atom. The highest BCUT2D eigenvalue weighted by molar-refractivity contribution is 6.13. The first-order chi connectivity index (χ1) is 12.0. The van der Waals surface area contributed by atoms with E-state index >= 15 is 0 Å². The van der Waals surface area contributed by atoms with Gasteiger partial charge in [-0.2, -0.15) is 0 Å². The number of rotatable bonds is 4. The highest BCUT2D eigenvalue weighted by Crippen LogP contribution is 2.30. The summed E-state index contributed by atoms with van der Waals surface area (Å²) in [6.45, 7) is 2.04. The first kappa shape index (κ1) is 16.6. The van der Waals surface area contributed by atoms with Crippen LogP contribution < -0.4 is 5.32 Å². The third kappa shape index (κ3) is 3.47. The quantitative estimate of drug-likeness (QED) is 0.668. The second kappa shape index (κ2) is 6.68. The summed E-state index contributed by atoms with van der Waals surface area (Å²) in [7, 11) is 0. The molecule has 8 nitrogen and oxygen atoms in total. The monoisotopic (exact) mass is 341 g/mol. The minimum Gasteiger partial charge on any atom is -0.395 e. The van der Waals surface area contributed by atoms with Crippen LogP contribution in [0.15, 0.2) is 57.1 Å². The molecule has 0 aromatic carbocycles. The van der Waals surface area contributed by atoms with E-state index in [1.807, 2.05) is 13.0 Å². The molecular weight excluding hydrogens is 326 g/mol. The molecule has 1 aliphatic carbocycles. The maximum atomic E-state index is 12.1. The molecule has 1 aromatic heterocycles. The Morgan fingerprint density at radius 1 is 1.40 bits per heavy atom. The van der Waals surface area contributed by atoms with Crippen molar-refractivity contribution in [3.8, 4) is 0 Å². The number of fused-ring (bicyclic) bond motifs is 1. The van der Waals surface area contributed by atoms with Gasteiger partial charge in [0.2, 0.25) is 11.7 Å². The maximum absolute atomic E-state index is 12.1. The van der Waals surface area contributed by atoms with Crippen molar-refractivity contribution in [2.75, 3.05) is 0 Å². The van der Waals surface area contributed by atoms with E-state index in [1.165, 1.54) is 6.07 Å². The lowest BCUT2D eigenvalue weighted by Gasteiger charge is -2.27. The first-order valence-electron chi connectivity index (χ1n) is 7.76. The number of nitrogens with one attached hydrogen (secondary N) is 1. The highest BCUT2D eigenvalue weighted by atomic mass is 16.6. The van der Waals surface area contributed by atoms with E-state index in [-0.39, 0.29) is 17.6 Å². The van der Waals surface area contributed by atoms with Crippen molar-refractivity contribution in [1.29, 1.82) is 0 Å². The SMILES string of the molecule is CCCC1=CC(=O)NC2=CC(=NC(=O)c3ccc([N+](=O)[O-])o3)C=CC12.